The molecule has 2 aromatic carbocycles. The van der Waals surface area contributed by atoms with E-state index < -0.39 is 17.8 Å². The van der Waals surface area contributed by atoms with Crippen LogP contribution in [0.5, 0.6) is 5.75 Å². The van der Waals surface area contributed by atoms with Gasteiger partial charge in [0.15, 0.2) is 0 Å². The van der Waals surface area contributed by atoms with Gasteiger partial charge >= 0.3 is 6.18 Å². The summed E-state index contributed by atoms with van der Waals surface area (Å²) < 4.78 is 46.2. The highest BCUT2D eigenvalue weighted by molar-refractivity contribution is 5.70. The molecule has 0 bridgehead atoms. The maximum Gasteiger partial charge on any atom is 0.416 e. The smallest absolute Gasteiger partial charge is 0.416 e. The summed E-state index contributed by atoms with van der Waals surface area (Å²) >= 11 is 0. The van der Waals surface area contributed by atoms with Crippen LogP contribution in [0.1, 0.15) is 40.6 Å². The molecule has 0 amide bonds. The number of aryl methyl sites for hydroxylation is 1. The summed E-state index contributed by atoms with van der Waals surface area (Å²) in [6.45, 7) is 2.03. The van der Waals surface area contributed by atoms with Crippen LogP contribution in [0.15, 0.2) is 48.6 Å². The van der Waals surface area contributed by atoms with Crippen molar-refractivity contribution in [3.63, 3.8) is 0 Å². The number of halogens is 3. The van der Waals surface area contributed by atoms with E-state index in [2.05, 4.69) is 17.5 Å². The van der Waals surface area contributed by atoms with Crippen molar-refractivity contribution in [2.45, 2.75) is 31.5 Å². The van der Waals surface area contributed by atoms with Crippen molar-refractivity contribution < 1.29 is 17.9 Å². The minimum absolute atomic E-state index is 0.0526. The van der Waals surface area contributed by atoms with Crippen LogP contribution in [0.3, 0.4) is 0 Å². The Balaban J connectivity index is 1.88. The van der Waals surface area contributed by atoms with Gasteiger partial charge in [0.05, 0.1) is 24.4 Å². The molecule has 1 heterocycles. The highest BCUT2D eigenvalue weighted by atomic mass is 19.4. The Morgan fingerprint density at radius 3 is 2.62 bits per heavy atom. The molecule has 0 saturated carbocycles. The first-order chi connectivity index (χ1) is 12.4. The first-order valence-electron chi connectivity index (χ1n) is 8.68. The second-order valence-electron chi connectivity index (χ2n) is 6.93. The van der Waals surface area contributed by atoms with E-state index in [1.54, 1.807) is 19.2 Å². The molecule has 0 unspecified atom stereocenters. The monoisotopic (exact) mass is 359 g/mol. The van der Waals surface area contributed by atoms with Crippen molar-refractivity contribution in [1.29, 1.82) is 0 Å². The van der Waals surface area contributed by atoms with E-state index in [1.165, 1.54) is 6.07 Å². The Labute approximate surface area is 150 Å². The lowest BCUT2D eigenvalue weighted by Gasteiger charge is -2.39. The average molecular weight is 359 g/mol. The molecular weight excluding hydrogens is 339 g/mol. The van der Waals surface area contributed by atoms with Gasteiger partial charge in [-0.2, -0.15) is 13.2 Å². The van der Waals surface area contributed by atoms with Gasteiger partial charge in [-0.1, -0.05) is 36.4 Å². The number of rotatable bonds is 2. The number of anilines is 1. The highest BCUT2D eigenvalue weighted by Gasteiger charge is 2.43. The molecule has 0 fully saturated rings. The number of hydrogen-bond acceptors (Lipinski definition) is 2. The quantitative estimate of drug-likeness (QED) is 0.679. The van der Waals surface area contributed by atoms with E-state index in [4.69, 9.17) is 4.74 Å². The van der Waals surface area contributed by atoms with Crippen LogP contribution in [-0.2, 0) is 6.18 Å². The average Bonchev–Trinajstić information content (AvgIpc) is 3.10. The molecule has 3 atom stereocenters. The van der Waals surface area contributed by atoms with Crippen LogP contribution >= 0.6 is 0 Å². The third kappa shape index (κ3) is 2.57. The van der Waals surface area contributed by atoms with E-state index in [9.17, 15) is 13.2 Å². The number of benzene rings is 2. The normalized spacial score (nSPS) is 24.0. The van der Waals surface area contributed by atoms with Crippen molar-refractivity contribution in [3.05, 3.63) is 70.8 Å². The molecule has 1 aliphatic carbocycles. The van der Waals surface area contributed by atoms with Crippen LogP contribution in [0.2, 0.25) is 0 Å². The standard InChI is InChI=1S/C21H20F3NO/c1-12-10-11-17(26-2)20-18(12)13-7-5-8-14(13)19(25-20)15-6-3-4-9-16(15)21(22,23)24/h3-7,9-11,13-14,19,25H,8H2,1-2H3/t13-,14+,19-/m0/s1. The Morgan fingerprint density at radius 1 is 1.12 bits per heavy atom. The molecule has 136 valence electrons. The molecule has 26 heavy (non-hydrogen) atoms. The summed E-state index contributed by atoms with van der Waals surface area (Å²) in [6.07, 6.45) is 0.579. The van der Waals surface area contributed by atoms with Gasteiger partial charge in [-0.15, -0.1) is 0 Å². The Bertz CT molecular complexity index is 872. The summed E-state index contributed by atoms with van der Waals surface area (Å²) in [4.78, 5) is 0. The van der Waals surface area contributed by atoms with Gasteiger partial charge in [0.25, 0.3) is 0 Å². The third-order valence-corrected chi connectivity index (χ3v) is 5.52. The predicted octanol–water partition coefficient (Wildman–Crippen LogP) is 5.85. The van der Waals surface area contributed by atoms with E-state index in [1.807, 2.05) is 19.1 Å². The highest BCUT2D eigenvalue weighted by Crippen LogP contribution is 2.54. The molecule has 2 nitrogen and oxygen atoms in total. The zero-order valence-electron chi connectivity index (χ0n) is 14.6. The molecule has 2 aliphatic rings. The maximum absolute atomic E-state index is 13.6. The number of hydrogen-bond donors (Lipinski definition) is 1. The van der Waals surface area contributed by atoms with E-state index in [0.29, 0.717) is 11.3 Å². The fourth-order valence-corrected chi connectivity index (χ4v) is 4.37. The van der Waals surface area contributed by atoms with Gasteiger partial charge in [-0.3, -0.25) is 0 Å². The number of alkyl halides is 3. The molecule has 5 heteroatoms. The fraction of sp³-hybridized carbons (Fsp3) is 0.333. The number of allylic oxidation sites excluding steroid dienone is 2. The minimum Gasteiger partial charge on any atom is -0.495 e. The zero-order chi connectivity index (χ0) is 18.5. The summed E-state index contributed by atoms with van der Waals surface area (Å²) in [6, 6.07) is 9.32. The Morgan fingerprint density at radius 2 is 1.88 bits per heavy atom. The van der Waals surface area contributed by atoms with Gasteiger partial charge < -0.3 is 10.1 Å². The van der Waals surface area contributed by atoms with Crippen LogP contribution in [0, 0.1) is 12.8 Å². The lowest BCUT2D eigenvalue weighted by atomic mass is 9.74. The minimum atomic E-state index is -4.38. The largest absolute Gasteiger partial charge is 0.495 e. The summed E-state index contributed by atoms with van der Waals surface area (Å²) in [7, 11) is 1.59. The van der Waals surface area contributed by atoms with Crippen molar-refractivity contribution in [2.24, 2.45) is 5.92 Å². The molecule has 4 rings (SSSR count). The Hall–Kier alpha value is -2.43. The van der Waals surface area contributed by atoms with E-state index in [0.717, 1.165) is 29.3 Å². The Kier molecular flexibility index (Phi) is 3.98. The van der Waals surface area contributed by atoms with Crippen molar-refractivity contribution in [3.8, 4) is 5.75 Å². The van der Waals surface area contributed by atoms with Gasteiger partial charge in [-0.25, -0.2) is 0 Å². The first-order valence-corrected chi connectivity index (χ1v) is 8.68. The molecule has 0 saturated heterocycles. The van der Waals surface area contributed by atoms with Crippen molar-refractivity contribution in [1.82, 2.24) is 0 Å². The van der Waals surface area contributed by atoms with E-state index >= 15 is 0 Å². The summed E-state index contributed by atoms with van der Waals surface area (Å²) in [5, 5.41) is 3.39. The van der Waals surface area contributed by atoms with Gasteiger partial charge in [0.1, 0.15) is 5.75 Å². The van der Waals surface area contributed by atoms with Gasteiger partial charge in [0.2, 0.25) is 0 Å². The first kappa shape index (κ1) is 17.0. The summed E-state index contributed by atoms with van der Waals surface area (Å²) in [5.41, 5.74) is 2.79. The molecule has 0 aromatic heterocycles. The number of nitrogens with one attached hydrogen (secondary N) is 1. The molecule has 0 radical (unpaired) electrons. The third-order valence-electron chi connectivity index (χ3n) is 5.52. The predicted molar refractivity (Wildman–Crippen MR) is 95.5 cm³/mol. The lowest BCUT2D eigenvalue weighted by molar-refractivity contribution is -0.138. The molecule has 1 N–H and O–H groups in total. The van der Waals surface area contributed by atoms with Crippen LogP contribution < -0.4 is 10.1 Å². The number of methoxy groups -OCH3 is 1. The molecule has 1 aliphatic heterocycles. The lowest BCUT2D eigenvalue weighted by Crippen LogP contribution is -2.31. The second kappa shape index (κ2) is 6.08. The topological polar surface area (TPSA) is 21.3 Å². The maximum atomic E-state index is 13.6. The number of fused-ring (bicyclic) bond motifs is 3. The number of ether oxygens (including phenoxy) is 1. The van der Waals surface area contributed by atoms with Crippen LogP contribution in [-0.4, -0.2) is 7.11 Å². The SMILES string of the molecule is COc1ccc(C)c2c1N[C@H](c1ccccc1C(F)(F)F)[C@@H]1CC=C[C@H]21. The molecule has 2 aromatic rings. The summed E-state index contributed by atoms with van der Waals surface area (Å²) in [5.74, 6) is 0.809. The van der Waals surface area contributed by atoms with Crippen molar-refractivity contribution in [2.75, 3.05) is 12.4 Å². The van der Waals surface area contributed by atoms with Gasteiger partial charge in [-0.05, 0) is 48.1 Å². The molecular formula is C21H20F3NO. The van der Waals surface area contributed by atoms with Crippen LogP contribution in [0.4, 0.5) is 18.9 Å². The zero-order valence-corrected chi connectivity index (χ0v) is 14.6. The van der Waals surface area contributed by atoms with Gasteiger partial charge in [0, 0.05) is 5.92 Å². The second-order valence-corrected chi connectivity index (χ2v) is 6.93. The van der Waals surface area contributed by atoms with Crippen molar-refractivity contribution >= 4 is 5.69 Å². The van der Waals surface area contributed by atoms with Crippen LogP contribution in [0.25, 0.3) is 0 Å². The molecule has 0 spiro atoms. The fourth-order valence-electron chi connectivity index (χ4n) is 4.37. The van der Waals surface area contributed by atoms with E-state index in [-0.39, 0.29) is 11.8 Å².